The number of carbonyl (C=O) groups excluding carboxylic acids is 1. The summed E-state index contributed by atoms with van der Waals surface area (Å²) in [7, 11) is -2.36. The highest BCUT2D eigenvalue weighted by Gasteiger charge is 2.27. The first-order chi connectivity index (χ1) is 13.9. The van der Waals surface area contributed by atoms with Crippen molar-refractivity contribution in [3.05, 3.63) is 84.4 Å². The molecule has 0 saturated carbocycles. The number of hydrogen-bond donors (Lipinski definition) is 1. The van der Waals surface area contributed by atoms with E-state index in [0.717, 1.165) is 9.87 Å². The van der Waals surface area contributed by atoms with Gasteiger partial charge in [-0.25, -0.2) is 8.42 Å². The average Bonchev–Trinajstić information content (AvgIpc) is 2.73. The number of rotatable bonds is 7. The molecular formula is C22H22N2O4S. The third-order valence-corrected chi connectivity index (χ3v) is 6.10. The molecule has 0 radical (unpaired) electrons. The van der Waals surface area contributed by atoms with E-state index in [4.69, 9.17) is 4.74 Å². The van der Waals surface area contributed by atoms with Crippen LogP contribution in [0.15, 0.2) is 83.8 Å². The highest BCUT2D eigenvalue weighted by molar-refractivity contribution is 7.92. The van der Waals surface area contributed by atoms with Crippen molar-refractivity contribution >= 4 is 27.3 Å². The minimum absolute atomic E-state index is 0.129. The van der Waals surface area contributed by atoms with Crippen molar-refractivity contribution in [3.63, 3.8) is 0 Å². The summed E-state index contributed by atoms with van der Waals surface area (Å²) in [4.78, 5) is 12.8. The molecule has 6 nitrogen and oxygen atoms in total. The standard InChI is InChI=1S/C22H22N2O4S/c1-17-8-14-21(15-9-17)29(26,27)24(19-6-4-3-5-7-19)16-22(25)23-18-10-12-20(28-2)13-11-18/h3-15H,16H2,1-2H3,(H,23,25). The average molecular weight is 410 g/mol. The van der Waals surface area contributed by atoms with Gasteiger partial charge in [-0.2, -0.15) is 0 Å². The summed E-state index contributed by atoms with van der Waals surface area (Å²) in [5.74, 6) is 0.213. The van der Waals surface area contributed by atoms with E-state index in [9.17, 15) is 13.2 Å². The highest BCUT2D eigenvalue weighted by atomic mass is 32.2. The molecule has 150 valence electrons. The van der Waals surface area contributed by atoms with E-state index in [1.54, 1.807) is 86.0 Å². The number of sulfonamides is 1. The van der Waals surface area contributed by atoms with Gasteiger partial charge in [0.25, 0.3) is 10.0 Å². The lowest BCUT2D eigenvalue weighted by atomic mass is 10.2. The molecule has 0 aromatic heterocycles. The first kappa shape index (κ1) is 20.4. The van der Waals surface area contributed by atoms with Gasteiger partial charge in [0, 0.05) is 5.69 Å². The Labute approximate surface area is 170 Å². The molecule has 1 amide bonds. The molecule has 0 heterocycles. The molecular weight excluding hydrogens is 388 g/mol. The van der Waals surface area contributed by atoms with Gasteiger partial charge in [-0.3, -0.25) is 9.10 Å². The maximum Gasteiger partial charge on any atom is 0.264 e. The quantitative estimate of drug-likeness (QED) is 0.642. The molecule has 0 unspecified atom stereocenters. The van der Waals surface area contributed by atoms with Gasteiger partial charge in [0.15, 0.2) is 0 Å². The van der Waals surface area contributed by atoms with Crippen LogP contribution in [0.5, 0.6) is 5.75 Å². The summed E-state index contributed by atoms with van der Waals surface area (Å²) in [5, 5.41) is 2.73. The second kappa shape index (κ2) is 8.79. The van der Waals surface area contributed by atoms with Gasteiger partial charge in [0.05, 0.1) is 17.7 Å². The Hall–Kier alpha value is -3.32. The number of anilines is 2. The third kappa shape index (κ3) is 4.94. The number of para-hydroxylation sites is 1. The summed E-state index contributed by atoms with van der Waals surface area (Å²) < 4.78 is 32.7. The van der Waals surface area contributed by atoms with Gasteiger partial charge >= 0.3 is 0 Å². The predicted octanol–water partition coefficient (Wildman–Crippen LogP) is 3.84. The van der Waals surface area contributed by atoms with Crippen molar-refractivity contribution in [2.75, 3.05) is 23.3 Å². The SMILES string of the molecule is COc1ccc(NC(=O)CN(c2ccccc2)S(=O)(=O)c2ccc(C)cc2)cc1. The molecule has 0 aliphatic carbocycles. The van der Waals surface area contributed by atoms with Gasteiger partial charge in [-0.15, -0.1) is 0 Å². The van der Waals surface area contributed by atoms with Crippen molar-refractivity contribution in [1.82, 2.24) is 0 Å². The van der Waals surface area contributed by atoms with Gasteiger partial charge in [0.1, 0.15) is 12.3 Å². The summed E-state index contributed by atoms with van der Waals surface area (Å²) >= 11 is 0. The second-order valence-electron chi connectivity index (χ2n) is 6.44. The monoisotopic (exact) mass is 410 g/mol. The van der Waals surface area contributed by atoms with Crippen LogP contribution >= 0.6 is 0 Å². The van der Waals surface area contributed by atoms with Crippen molar-refractivity contribution in [2.45, 2.75) is 11.8 Å². The van der Waals surface area contributed by atoms with Crippen LogP contribution in [0.1, 0.15) is 5.56 Å². The zero-order chi connectivity index (χ0) is 20.9. The molecule has 3 aromatic carbocycles. The van der Waals surface area contributed by atoms with Crippen LogP contribution in [0.4, 0.5) is 11.4 Å². The van der Waals surface area contributed by atoms with Crippen LogP contribution in [-0.2, 0) is 14.8 Å². The Bertz CT molecular complexity index is 1060. The lowest BCUT2D eigenvalue weighted by Crippen LogP contribution is -2.38. The van der Waals surface area contributed by atoms with Crippen molar-refractivity contribution < 1.29 is 17.9 Å². The molecule has 0 spiro atoms. The Morgan fingerprint density at radius 1 is 0.931 bits per heavy atom. The molecule has 0 aliphatic rings. The van der Waals surface area contributed by atoms with E-state index in [1.807, 2.05) is 6.92 Å². The summed E-state index contributed by atoms with van der Waals surface area (Å²) in [6, 6.07) is 21.9. The summed E-state index contributed by atoms with van der Waals surface area (Å²) in [6.45, 7) is 1.53. The van der Waals surface area contributed by atoms with E-state index < -0.39 is 15.9 Å². The second-order valence-corrected chi connectivity index (χ2v) is 8.30. The first-order valence-corrected chi connectivity index (χ1v) is 10.4. The summed E-state index contributed by atoms with van der Waals surface area (Å²) in [5.41, 5.74) is 1.92. The highest BCUT2D eigenvalue weighted by Crippen LogP contribution is 2.24. The zero-order valence-electron chi connectivity index (χ0n) is 16.2. The number of methoxy groups -OCH3 is 1. The van der Waals surface area contributed by atoms with Crippen LogP contribution in [0, 0.1) is 6.92 Å². The van der Waals surface area contributed by atoms with Crippen molar-refractivity contribution in [3.8, 4) is 5.75 Å². The first-order valence-electron chi connectivity index (χ1n) is 8.98. The van der Waals surface area contributed by atoms with E-state index in [2.05, 4.69) is 5.32 Å². The van der Waals surface area contributed by atoms with Crippen LogP contribution in [0.25, 0.3) is 0 Å². The largest absolute Gasteiger partial charge is 0.497 e. The number of benzene rings is 3. The van der Waals surface area contributed by atoms with E-state index in [1.165, 1.54) is 0 Å². The van der Waals surface area contributed by atoms with Crippen molar-refractivity contribution in [1.29, 1.82) is 0 Å². The number of nitrogens with zero attached hydrogens (tertiary/aromatic N) is 1. The fourth-order valence-corrected chi connectivity index (χ4v) is 4.17. The van der Waals surface area contributed by atoms with E-state index >= 15 is 0 Å². The minimum Gasteiger partial charge on any atom is -0.497 e. The van der Waals surface area contributed by atoms with Crippen LogP contribution in [0.3, 0.4) is 0 Å². The maximum atomic E-state index is 13.2. The number of nitrogens with one attached hydrogen (secondary N) is 1. The molecule has 0 saturated heterocycles. The number of carbonyl (C=O) groups is 1. The third-order valence-electron chi connectivity index (χ3n) is 4.31. The molecule has 7 heteroatoms. The van der Waals surface area contributed by atoms with Gasteiger partial charge in [-0.05, 0) is 55.5 Å². The van der Waals surface area contributed by atoms with Gasteiger partial charge in [-0.1, -0.05) is 35.9 Å². The van der Waals surface area contributed by atoms with Crippen LogP contribution < -0.4 is 14.4 Å². The fraction of sp³-hybridized carbons (Fsp3) is 0.136. The molecule has 0 fully saturated rings. The molecule has 1 N–H and O–H groups in total. The Morgan fingerprint density at radius 2 is 1.55 bits per heavy atom. The Morgan fingerprint density at radius 3 is 2.14 bits per heavy atom. The normalized spacial score (nSPS) is 11.0. The predicted molar refractivity (Wildman–Crippen MR) is 114 cm³/mol. The smallest absolute Gasteiger partial charge is 0.264 e. The number of amides is 1. The topological polar surface area (TPSA) is 75.7 Å². The molecule has 0 bridgehead atoms. The van der Waals surface area contributed by atoms with E-state index in [0.29, 0.717) is 17.1 Å². The van der Waals surface area contributed by atoms with Gasteiger partial charge in [0.2, 0.25) is 5.91 Å². The van der Waals surface area contributed by atoms with Crippen LogP contribution in [0.2, 0.25) is 0 Å². The van der Waals surface area contributed by atoms with E-state index in [-0.39, 0.29) is 11.4 Å². The zero-order valence-corrected chi connectivity index (χ0v) is 17.0. The van der Waals surface area contributed by atoms with Crippen LogP contribution in [-0.4, -0.2) is 28.0 Å². The molecule has 29 heavy (non-hydrogen) atoms. The maximum absolute atomic E-state index is 13.2. The molecule has 3 aromatic rings. The Kier molecular flexibility index (Phi) is 6.19. The van der Waals surface area contributed by atoms with Gasteiger partial charge < -0.3 is 10.1 Å². The number of ether oxygens (including phenoxy) is 1. The molecule has 3 rings (SSSR count). The lowest BCUT2D eigenvalue weighted by molar-refractivity contribution is -0.114. The lowest BCUT2D eigenvalue weighted by Gasteiger charge is -2.24. The number of hydrogen-bond acceptors (Lipinski definition) is 4. The molecule has 0 aliphatic heterocycles. The minimum atomic E-state index is -3.92. The molecule has 0 atom stereocenters. The fourth-order valence-electron chi connectivity index (χ4n) is 2.75. The summed E-state index contributed by atoms with van der Waals surface area (Å²) in [6.07, 6.45) is 0. The van der Waals surface area contributed by atoms with Crippen molar-refractivity contribution in [2.24, 2.45) is 0 Å². The number of aryl methyl sites for hydroxylation is 1. The Balaban J connectivity index is 1.87.